The summed E-state index contributed by atoms with van der Waals surface area (Å²) in [6, 6.07) is 70.1. The number of rotatable bonds is 5. The van der Waals surface area contributed by atoms with Crippen molar-refractivity contribution in [2.45, 2.75) is 0 Å². The monoisotopic (exact) mass is 779 g/mol. The van der Waals surface area contributed by atoms with Crippen molar-refractivity contribution in [3.8, 4) is 45.5 Å². The van der Waals surface area contributed by atoms with Crippen molar-refractivity contribution in [2.24, 2.45) is 0 Å². The quantitative estimate of drug-likeness (QED) is 0.175. The molecule has 61 heavy (non-hydrogen) atoms. The van der Waals surface area contributed by atoms with E-state index in [-0.39, 0.29) is 0 Å². The fourth-order valence-electron chi connectivity index (χ4n) is 9.53. The van der Waals surface area contributed by atoms with Gasteiger partial charge in [0.05, 0.1) is 27.8 Å². The van der Waals surface area contributed by atoms with Gasteiger partial charge in [-0.15, -0.1) is 0 Å². The minimum Gasteiger partial charge on any atom is -0.454 e. The molecule has 0 saturated carbocycles. The molecule has 0 N–H and O–H groups in total. The normalized spacial score (nSPS) is 11.9. The molecular weight excluding hydrogens is 747 g/mol. The van der Waals surface area contributed by atoms with Crippen molar-refractivity contribution in [1.29, 1.82) is 0 Å². The second-order valence-electron chi connectivity index (χ2n) is 15.5. The molecule has 0 aliphatic rings. The van der Waals surface area contributed by atoms with Crippen LogP contribution in [0.25, 0.3) is 122 Å². The van der Waals surface area contributed by atoms with E-state index in [1.807, 2.05) is 60.7 Å². The second kappa shape index (κ2) is 13.1. The van der Waals surface area contributed by atoms with Crippen LogP contribution in [0.15, 0.2) is 205 Å². The molecule has 0 fully saturated rings. The van der Waals surface area contributed by atoms with E-state index in [2.05, 4.69) is 149 Å². The highest BCUT2D eigenvalue weighted by molar-refractivity contribution is 6.26. The fraction of sp³-hybridized carbons (Fsp3) is 0. The Labute approximate surface area is 349 Å². The Morgan fingerprint density at radius 3 is 1.49 bits per heavy atom. The van der Waals surface area contributed by atoms with E-state index in [4.69, 9.17) is 19.4 Å². The molecule has 6 nitrogen and oxygen atoms in total. The Balaban J connectivity index is 1.12. The first-order valence-corrected chi connectivity index (χ1v) is 20.5. The molecular formula is C55H33N5O. The maximum absolute atomic E-state index is 7.19. The first kappa shape index (κ1) is 33.6. The number of benzene rings is 9. The minimum absolute atomic E-state index is 0.588. The van der Waals surface area contributed by atoms with Crippen molar-refractivity contribution < 1.29 is 4.42 Å². The predicted octanol–water partition coefficient (Wildman–Crippen LogP) is 14.1. The highest BCUT2D eigenvalue weighted by Crippen LogP contribution is 2.45. The van der Waals surface area contributed by atoms with Crippen LogP contribution in [0, 0.1) is 0 Å². The number of nitrogens with zero attached hydrogens (tertiary/aromatic N) is 5. The smallest absolute Gasteiger partial charge is 0.164 e. The van der Waals surface area contributed by atoms with E-state index in [0.717, 1.165) is 82.8 Å². The highest BCUT2D eigenvalue weighted by atomic mass is 16.3. The molecule has 0 spiro atoms. The molecule has 0 atom stereocenters. The molecule has 4 aromatic heterocycles. The molecule has 0 bridgehead atoms. The Kier molecular flexibility index (Phi) is 7.21. The minimum atomic E-state index is 0.588. The van der Waals surface area contributed by atoms with E-state index in [1.54, 1.807) is 0 Å². The molecule has 4 heterocycles. The lowest BCUT2D eigenvalue weighted by Gasteiger charge is -2.12. The van der Waals surface area contributed by atoms with Crippen LogP contribution < -0.4 is 0 Å². The summed E-state index contributed by atoms with van der Waals surface area (Å²) in [6.07, 6.45) is 0. The Hall–Kier alpha value is -8.35. The summed E-state index contributed by atoms with van der Waals surface area (Å²) < 4.78 is 12.0. The van der Waals surface area contributed by atoms with Crippen molar-refractivity contribution in [3.05, 3.63) is 200 Å². The summed E-state index contributed by atoms with van der Waals surface area (Å²) in [6.45, 7) is 0. The molecule has 0 aliphatic heterocycles. The number of hydrogen-bond donors (Lipinski definition) is 0. The number of para-hydroxylation sites is 4. The number of aromatic nitrogens is 5. The van der Waals surface area contributed by atoms with E-state index < -0.39 is 0 Å². The van der Waals surface area contributed by atoms with Crippen LogP contribution in [0.4, 0.5) is 0 Å². The van der Waals surface area contributed by atoms with Gasteiger partial charge in [-0.3, -0.25) is 0 Å². The van der Waals surface area contributed by atoms with Gasteiger partial charge < -0.3 is 13.6 Å². The topological polar surface area (TPSA) is 61.7 Å². The standard InChI is InChI=1S/C55H33N5O/c1-4-17-34(18-5-1)53-56-54(35-19-6-2-7-20-35)58-55(57-53)44-33-48-49(40-26-11-10-23-37(40)44)43-27-16-30-47(52(43)61-48)60-46-29-15-13-25-39(46)42-32-31-41-38-24-12-14-28-45(38)59(50(41)51(42)60)36-21-8-3-9-22-36/h1-33H. The van der Waals surface area contributed by atoms with Gasteiger partial charge in [-0.2, -0.15) is 0 Å². The molecule has 0 amide bonds. The van der Waals surface area contributed by atoms with Crippen LogP contribution >= 0.6 is 0 Å². The SMILES string of the molecule is c1ccc(-c2nc(-c3ccccc3)nc(-c3cc4oc5c(-n6c7ccccc7c7ccc8c9ccccc9n(-c9ccccc9)c8c76)cccc5c4c4ccccc34)n2)cc1. The van der Waals surface area contributed by atoms with Crippen LogP contribution in [0.5, 0.6) is 0 Å². The largest absolute Gasteiger partial charge is 0.454 e. The highest BCUT2D eigenvalue weighted by Gasteiger charge is 2.25. The molecule has 6 heteroatoms. The van der Waals surface area contributed by atoms with Crippen LogP contribution in [0.3, 0.4) is 0 Å². The summed E-state index contributed by atoms with van der Waals surface area (Å²) >= 11 is 0. The van der Waals surface area contributed by atoms with Crippen molar-refractivity contribution in [2.75, 3.05) is 0 Å². The molecule has 0 saturated heterocycles. The maximum Gasteiger partial charge on any atom is 0.164 e. The molecule has 0 unspecified atom stereocenters. The molecule has 13 aromatic rings. The summed E-state index contributed by atoms with van der Waals surface area (Å²) in [7, 11) is 0. The van der Waals surface area contributed by atoms with Gasteiger partial charge >= 0.3 is 0 Å². The summed E-state index contributed by atoms with van der Waals surface area (Å²) in [4.78, 5) is 15.3. The van der Waals surface area contributed by atoms with Gasteiger partial charge in [0, 0.05) is 54.7 Å². The van der Waals surface area contributed by atoms with Crippen molar-refractivity contribution in [3.63, 3.8) is 0 Å². The Bertz CT molecular complexity index is 3810. The second-order valence-corrected chi connectivity index (χ2v) is 15.5. The average molecular weight is 780 g/mol. The van der Waals surface area contributed by atoms with Gasteiger partial charge in [0.2, 0.25) is 0 Å². The zero-order valence-electron chi connectivity index (χ0n) is 32.7. The lowest BCUT2D eigenvalue weighted by molar-refractivity contribution is 0.666. The zero-order valence-corrected chi connectivity index (χ0v) is 32.7. The molecule has 0 aliphatic carbocycles. The molecule has 284 valence electrons. The van der Waals surface area contributed by atoms with Gasteiger partial charge in [-0.25, -0.2) is 15.0 Å². The fourth-order valence-corrected chi connectivity index (χ4v) is 9.53. The molecule has 13 rings (SSSR count). The average Bonchev–Trinajstić information content (AvgIpc) is 4.00. The summed E-state index contributed by atoms with van der Waals surface area (Å²) in [5.41, 5.74) is 11.0. The van der Waals surface area contributed by atoms with Gasteiger partial charge in [0.1, 0.15) is 5.58 Å². The van der Waals surface area contributed by atoms with Gasteiger partial charge in [0.15, 0.2) is 23.1 Å². The number of furan rings is 1. The van der Waals surface area contributed by atoms with Gasteiger partial charge in [0.25, 0.3) is 0 Å². The van der Waals surface area contributed by atoms with Crippen LogP contribution in [-0.4, -0.2) is 24.1 Å². The summed E-state index contributed by atoms with van der Waals surface area (Å²) in [5, 5.41) is 8.99. The van der Waals surface area contributed by atoms with E-state index >= 15 is 0 Å². The van der Waals surface area contributed by atoms with Crippen LogP contribution in [-0.2, 0) is 0 Å². The Morgan fingerprint density at radius 2 is 0.852 bits per heavy atom. The van der Waals surface area contributed by atoms with E-state index in [9.17, 15) is 0 Å². The lowest BCUT2D eigenvalue weighted by atomic mass is 9.98. The molecule has 9 aromatic carbocycles. The van der Waals surface area contributed by atoms with Crippen LogP contribution in [0.1, 0.15) is 0 Å². The zero-order chi connectivity index (χ0) is 40.0. The third kappa shape index (κ3) is 5.00. The van der Waals surface area contributed by atoms with E-state index in [1.165, 1.54) is 21.5 Å². The van der Waals surface area contributed by atoms with Crippen molar-refractivity contribution in [1.82, 2.24) is 24.1 Å². The maximum atomic E-state index is 7.19. The first-order valence-electron chi connectivity index (χ1n) is 20.5. The van der Waals surface area contributed by atoms with Crippen LogP contribution in [0.2, 0.25) is 0 Å². The first-order chi connectivity index (χ1) is 30.3. The third-order valence-electron chi connectivity index (χ3n) is 12.1. The van der Waals surface area contributed by atoms with Gasteiger partial charge in [-0.05, 0) is 47.2 Å². The lowest BCUT2D eigenvalue weighted by Crippen LogP contribution is -2.00. The Morgan fingerprint density at radius 1 is 0.361 bits per heavy atom. The van der Waals surface area contributed by atoms with Gasteiger partial charge in [-0.1, -0.05) is 164 Å². The number of fused-ring (bicyclic) bond motifs is 12. The van der Waals surface area contributed by atoms with E-state index in [0.29, 0.717) is 17.5 Å². The summed E-state index contributed by atoms with van der Waals surface area (Å²) in [5.74, 6) is 1.82. The van der Waals surface area contributed by atoms with Crippen molar-refractivity contribution >= 4 is 76.3 Å². The number of hydrogen-bond acceptors (Lipinski definition) is 4. The third-order valence-corrected chi connectivity index (χ3v) is 12.1. The predicted molar refractivity (Wildman–Crippen MR) is 250 cm³/mol. The molecule has 0 radical (unpaired) electrons.